The number of hydrogen-bond acceptors (Lipinski definition) is 6. The van der Waals surface area contributed by atoms with E-state index in [0.717, 1.165) is 148 Å². The number of ether oxygens (including phenoxy) is 3. The van der Waals surface area contributed by atoms with Crippen molar-refractivity contribution in [2.75, 3.05) is 13.2 Å². The number of carbonyl (C=O) groups excluding carboxylic acids is 3. The minimum atomic E-state index is -0.798. The molecule has 0 rings (SSSR count). The third kappa shape index (κ3) is 68.5. The zero-order chi connectivity index (χ0) is 59.9. The quantitative estimate of drug-likeness (QED) is 0.0261. The SMILES string of the molecule is CC/C=C\C/C=C\C/C=C\C/C=C\C/C=C\CCCCCCCCCC(=O)OCC(COC(=O)CCCCCCCCCCCCCCCCCCCCCCC)OC(=O)CCCCCCC/C=C\C/C=C\C/C=C\C/C=C\C/C=C\CC. The normalized spacial score (nSPS) is 12.9. The first-order valence-corrected chi connectivity index (χ1v) is 35.0. The minimum absolute atomic E-state index is 0.0893. The van der Waals surface area contributed by atoms with E-state index in [1.165, 1.54) is 141 Å². The van der Waals surface area contributed by atoms with E-state index in [4.69, 9.17) is 14.2 Å². The highest BCUT2D eigenvalue weighted by atomic mass is 16.6. The number of esters is 3. The van der Waals surface area contributed by atoms with Crippen LogP contribution in [0.1, 0.15) is 329 Å². The van der Waals surface area contributed by atoms with Crippen LogP contribution in [0, 0.1) is 0 Å². The largest absolute Gasteiger partial charge is 0.462 e. The fraction of sp³-hybridized carbons (Fsp3) is 0.701. The summed E-state index contributed by atoms with van der Waals surface area (Å²) < 4.78 is 17.0. The Kier molecular flexibility index (Phi) is 66.7. The molecule has 1 unspecified atom stereocenters. The van der Waals surface area contributed by atoms with Gasteiger partial charge in [-0.05, 0) is 109 Å². The molecule has 6 heteroatoms. The van der Waals surface area contributed by atoms with Gasteiger partial charge in [0.25, 0.3) is 0 Å². The molecule has 0 amide bonds. The van der Waals surface area contributed by atoms with Crippen molar-refractivity contribution in [1.82, 2.24) is 0 Å². The summed E-state index contributed by atoms with van der Waals surface area (Å²) in [6, 6.07) is 0. The second-order valence-corrected chi connectivity index (χ2v) is 23.0. The second kappa shape index (κ2) is 70.3. The fourth-order valence-corrected chi connectivity index (χ4v) is 9.79. The Bertz CT molecular complexity index is 1700. The molecule has 6 nitrogen and oxygen atoms in total. The van der Waals surface area contributed by atoms with Crippen LogP contribution in [-0.2, 0) is 28.6 Å². The standard InChI is InChI=1S/C77H130O6/c1-4-7-10-13-16-19-22-25-28-31-34-37-38-41-43-46-49-52-55-58-61-64-67-70-76(79)82-73-74(83-77(80)71-68-65-62-59-56-53-50-47-44-40-36-33-30-27-24-21-18-15-12-9-6-3)72-81-75(78)69-66-63-60-57-54-51-48-45-42-39-35-32-29-26-23-20-17-14-11-8-5-2/h7,9-10,12,16,18-19,21,25,27-28,30,34,36-37,40-41,43,47,50,74H,4-6,8,11,13-15,17,20,22-24,26,29,31-33,35,38-39,42,44-46,48-49,51-73H2,1-3H3/b10-7-,12-9-,19-16-,21-18-,28-25-,30-27-,37-34-,40-36-,43-41-,50-47-. The minimum Gasteiger partial charge on any atom is -0.462 e. The van der Waals surface area contributed by atoms with E-state index in [2.05, 4.69) is 142 Å². The van der Waals surface area contributed by atoms with E-state index < -0.39 is 6.10 Å². The summed E-state index contributed by atoms with van der Waals surface area (Å²) in [6.07, 6.45) is 97.8. The molecule has 0 aliphatic carbocycles. The van der Waals surface area contributed by atoms with Crippen molar-refractivity contribution in [2.24, 2.45) is 0 Å². The first kappa shape index (κ1) is 78.8. The van der Waals surface area contributed by atoms with Gasteiger partial charge in [-0.1, -0.05) is 322 Å². The lowest BCUT2D eigenvalue weighted by Gasteiger charge is -2.18. The summed E-state index contributed by atoms with van der Waals surface area (Å²) in [5.41, 5.74) is 0. The van der Waals surface area contributed by atoms with Crippen LogP contribution in [0.25, 0.3) is 0 Å². The van der Waals surface area contributed by atoms with Gasteiger partial charge in [-0.15, -0.1) is 0 Å². The maximum Gasteiger partial charge on any atom is 0.306 e. The van der Waals surface area contributed by atoms with Gasteiger partial charge in [0.1, 0.15) is 13.2 Å². The molecule has 474 valence electrons. The Morgan fingerprint density at radius 2 is 0.470 bits per heavy atom. The molecule has 0 aromatic rings. The van der Waals surface area contributed by atoms with Crippen LogP contribution in [0.15, 0.2) is 122 Å². The van der Waals surface area contributed by atoms with Gasteiger partial charge >= 0.3 is 17.9 Å². The molecule has 0 saturated carbocycles. The molecule has 0 spiro atoms. The van der Waals surface area contributed by atoms with E-state index in [-0.39, 0.29) is 31.1 Å². The second-order valence-electron chi connectivity index (χ2n) is 23.0. The summed E-state index contributed by atoms with van der Waals surface area (Å²) in [4.78, 5) is 38.5. The van der Waals surface area contributed by atoms with Gasteiger partial charge in [0.2, 0.25) is 0 Å². The molecular formula is C77H130O6. The Morgan fingerprint density at radius 1 is 0.253 bits per heavy atom. The molecule has 0 radical (unpaired) electrons. The Hall–Kier alpha value is -4.19. The van der Waals surface area contributed by atoms with Gasteiger partial charge in [0.05, 0.1) is 0 Å². The first-order chi connectivity index (χ1) is 41.0. The Morgan fingerprint density at radius 3 is 0.735 bits per heavy atom. The zero-order valence-corrected chi connectivity index (χ0v) is 54.4. The smallest absolute Gasteiger partial charge is 0.306 e. The van der Waals surface area contributed by atoms with E-state index in [9.17, 15) is 14.4 Å². The van der Waals surface area contributed by atoms with E-state index >= 15 is 0 Å². The average Bonchev–Trinajstić information content (AvgIpc) is 3.49. The third-order valence-corrected chi connectivity index (χ3v) is 15.0. The predicted molar refractivity (Wildman–Crippen MR) is 362 cm³/mol. The van der Waals surface area contributed by atoms with Gasteiger partial charge < -0.3 is 14.2 Å². The molecule has 0 aliphatic rings. The highest BCUT2D eigenvalue weighted by Crippen LogP contribution is 2.17. The highest BCUT2D eigenvalue weighted by Gasteiger charge is 2.19. The van der Waals surface area contributed by atoms with Crippen LogP contribution in [-0.4, -0.2) is 37.2 Å². The van der Waals surface area contributed by atoms with Crippen LogP contribution in [0.2, 0.25) is 0 Å². The van der Waals surface area contributed by atoms with E-state index in [0.29, 0.717) is 19.3 Å². The van der Waals surface area contributed by atoms with Crippen molar-refractivity contribution in [3.63, 3.8) is 0 Å². The Balaban J connectivity index is 4.44. The van der Waals surface area contributed by atoms with Gasteiger partial charge in [-0.3, -0.25) is 14.4 Å². The number of carbonyl (C=O) groups is 3. The fourth-order valence-electron chi connectivity index (χ4n) is 9.79. The Labute approximate surface area is 513 Å². The van der Waals surface area contributed by atoms with Gasteiger partial charge in [-0.25, -0.2) is 0 Å². The van der Waals surface area contributed by atoms with E-state index in [1.54, 1.807) is 0 Å². The van der Waals surface area contributed by atoms with Crippen molar-refractivity contribution in [3.05, 3.63) is 122 Å². The number of allylic oxidation sites excluding steroid dienone is 20. The lowest BCUT2D eigenvalue weighted by molar-refractivity contribution is -0.167. The first-order valence-electron chi connectivity index (χ1n) is 35.0. The van der Waals surface area contributed by atoms with Crippen LogP contribution >= 0.6 is 0 Å². The molecule has 0 saturated heterocycles. The molecule has 83 heavy (non-hydrogen) atoms. The molecule has 0 aromatic heterocycles. The topological polar surface area (TPSA) is 78.9 Å². The summed E-state index contributed by atoms with van der Waals surface area (Å²) in [5, 5.41) is 0. The van der Waals surface area contributed by atoms with Crippen LogP contribution in [0.3, 0.4) is 0 Å². The van der Waals surface area contributed by atoms with Crippen LogP contribution in [0.5, 0.6) is 0 Å². The van der Waals surface area contributed by atoms with Crippen LogP contribution < -0.4 is 0 Å². The van der Waals surface area contributed by atoms with Crippen molar-refractivity contribution in [1.29, 1.82) is 0 Å². The van der Waals surface area contributed by atoms with Crippen molar-refractivity contribution in [2.45, 2.75) is 335 Å². The summed E-state index contributed by atoms with van der Waals surface area (Å²) in [7, 11) is 0. The van der Waals surface area contributed by atoms with Crippen molar-refractivity contribution in [3.8, 4) is 0 Å². The van der Waals surface area contributed by atoms with Gasteiger partial charge in [0, 0.05) is 19.3 Å². The van der Waals surface area contributed by atoms with Gasteiger partial charge in [-0.2, -0.15) is 0 Å². The molecular weight excluding hydrogens is 1020 g/mol. The molecule has 0 heterocycles. The maximum absolute atomic E-state index is 13.0. The molecule has 1 atom stereocenters. The number of hydrogen-bond donors (Lipinski definition) is 0. The highest BCUT2D eigenvalue weighted by molar-refractivity contribution is 5.71. The molecule has 0 N–H and O–H groups in total. The lowest BCUT2D eigenvalue weighted by atomic mass is 10.0. The van der Waals surface area contributed by atoms with Gasteiger partial charge in [0.15, 0.2) is 6.10 Å². The van der Waals surface area contributed by atoms with Crippen LogP contribution in [0.4, 0.5) is 0 Å². The van der Waals surface area contributed by atoms with E-state index in [1.807, 2.05) is 0 Å². The van der Waals surface area contributed by atoms with Crippen molar-refractivity contribution >= 4 is 17.9 Å². The monoisotopic (exact) mass is 1150 g/mol. The molecule has 0 fully saturated rings. The average molecular weight is 1150 g/mol. The van der Waals surface area contributed by atoms with Crippen molar-refractivity contribution < 1.29 is 28.6 Å². The number of rotatable bonds is 63. The zero-order valence-electron chi connectivity index (χ0n) is 54.4. The third-order valence-electron chi connectivity index (χ3n) is 15.0. The maximum atomic E-state index is 13.0. The summed E-state index contributed by atoms with van der Waals surface area (Å²) in [6.45, 7) is 6.43. The summed E-state index contributed by atoms with van der Waals surface area (Å²) >= 11 is 0. The number of unbranched alkanes of at least 4 members (excludes halogenated alkanes) is 32. The molecule has 0 bridgehead atoms. The molecule has 0 aliphatic heterocycles. The molecule has 0 aromatic carbocycles. The lowest BCUT2D eigenvalue weighted by Crippen LogP contribution is -2.30. The predicted octanol–water partition coefficient (Wildman–Crippen LogP) is 24.3. The summed E-state index contributed by atoms with van der Waals surface area (Å²) in [5.74, 6) is -0.907.